The normalized spacial score (nSPS) is 19.7. The third-order valence-electron chi connectivity index (χ3n) is 3.87. The highest BCUT2D eigenvalue weighted by Gasteiger charge is 2.26. The van der Waals surface area contributed by atoms with Gasteiger partial charge in [0.25, 0.3) is 0 Å². The van der Waals surface area contributed by atoms with Gasteiger partial charge < -0.3 is 15.7 Å². The Morgan fingerprint density at radius 1 is 1.48 bits per heavy atom. The number of amides is 2. The van der Waals surface area contributed by atoms with Crippen molar-refractivity contribution >= 4 is 6.03 Å². The zero-order valence-electron chi connectivity index (χ0n) is 12.5. The van der Waals surface area contributed by atoms with Gasteiger partial charge in [0.1, 0.15) is 5.82 Å². The van der Waals surface area contributed by atoms with Crippen molar-refractivity contribution < 1.29 is 14.3 Å². The molecule has 0 fully saturated rings. The number of hydrogen-bond donors (Lipinski definition) is 3. The van der Waals surface area contributed by atoms with Crippen LogP contribution in [0.3, 0.4) is 0 Å². The van der Waals surface area contributed by atoms with Crippen molar-refractivity contribution in [3.05, 3.63) is 35.1 Å². The number of aliphatic hydroxyl groups is 1. The molecule has 0 bridgehead atoms. The summed E-state index contributed by atoms with van der Waals surface area (Å²) in [5.74, 6) is 0.0202. The molecule has 0 aromatic heterocycles. The Balaban J connectivity index is 1.84. The predicted octanol–water partition coefficient (Wildman–Crippen LogP) is 2.52. The van der Waals surface area contributed by atoms with Gasteiger partial charge in [0.15, 0.2) is 0 Å². The molecule has 0 saturated carbocycles. The molecule has 5 heteroatoms. The smallest absolute Gasteiger partial charge is 0.315 e. The monoisotopic (exact) mass is 294 g/mol. The molecule has 116 valence electrons. The molecule has 21 heavy (non-hydrogen) atoms. The summed E-state index contributed by atoms with van der Waals surface area (Å²) in [6, 6.07) is 4.64. The minimum Gasteiger partial charge on any atom is -0.393 e. The highest BCUT2D eigenvalue weighted by atomic mass is 19.1. The van der Waals surface area contributed by atoms with Crippen molar-refractivity contribution in [3.8, 4) is 0 Å². The molecule has 0 aliphatic heterocycles. The highest BCUT2D eigenvalue weighted by molar-refractivity contribution is 5.74. The molecular weight excluding hydrogens is 271 g/mol. The molecule has 3 unspecified atom stereocenters. The van der Waals surface area contributed by atoms with Crippen LogP contribution in [0, 0.1) is 11.7 Å². The fourth-order valence-corrected chi connectivity index (χ4v) is 2.90. The molecule has 0 radical (unpaired) electrons. The van der Waals surface area contributed by atoms with Crippen LogP contribution in [0.25, 0.3) is 0 Å². The van der Waals surface area contributed by atoms with Crippen LogP contribution in [0.15, 0.2) is 18.2 Å². The molecule has 3 N–H and O–H groups in total. The summed E-state index contributed by atoms with van der Waals surface area (Å²) in [5, 5.41) is 15.0. The van der Waals surface area contributed by atoms with E-state index in [-0.39, 0.29) is 29.9 Å². The van der Waals surface area contributed by atoms with Crippen molar-refractivity contribution in [1.82, 2.24) is 10.6 Å². The summed E-state index contributed by atoms with van der Waals surface area (Å²) in [6.07, 6.45) is 1.67. The molecule has 0 saturated heterocycles. The molecule has 1 aromatic carbocycles. The van der Waals surface area contributed by atoms with Gasteiger partial charge in [-0.05, 0) is 49.3 Å². The minimum absolute atomic E-state index is 0.122. The maximum Gasteiger partial charge on any atom is 0.315 e. The topological polar surface area (TPSA) is 61.4 Å². The fourth-order valence-electron chi connectivity index (χ4n) is 2.90. The number of halogens is 1. The number of aliphatic hydroxyl groups excluding tert-OH is 1. The van der Waals surface area contributed by atoms with E-state index in [1.807, 2.05) is 13.0 Å². The third-order valence-corrected chi connectivity index (χ3v) is 3.87. The highest BCUT2D eigenvalue weighted by Crippen LogP contribution is 2.32. The second kappa shape index (κ2) is 6.89. The number of fused-ring (bicyclic) bond motifs is 1. The average Bonchev–Trinajstić information content (AvgIpc) is 2.80. The molecule has 2 amide bonds. The Morgan fingerprint density at radius 3 is 2.95 bits per heavy atom. The Hall–Kier alpha value is -1.62. The van der Waals surface area contributed by atoms with E-state index in [4.69, 9.17) is 0 Å². The van der Waals surface area contributed by atoms with Crippen molar-refractivity contribution in [2.75, 3.05) is 6.54 Å². The van der Waals surface area contributed by atoms with E-state index in [1.165, 1.54) is 6.07 Å². The van der Waals surface area contributed by atoms with E-state index >= 15 is 0 Å². The molecule has 4 nitrogen and oxygen atoms in total. The standard InChI is InChI=1S/C16H23FN2O2/c1-10(8-11(2)20)9-18-16(21)19-15-7-6-12-13(15)4-3-5-14(12)17/h3-5,10-11,15,20H,6-9H2,1-2H3,(H2,18,19,21). The quantitative estimate of drug-likeness (QED) is 0.781. The molecule has 1 aliphatic rings. The van der Waals surface area contributed by atoms with Gasteiger partial charge in [0.05, 0.1) is 12.1 Å². The zero-order chi connectivity index (χ0) is 15.4. The first-order valence-electron chi connectivity index (χ1n) is 7.47. The molecule has 1 aliphatic carbocycles. The fraction of sp³-hybridized carbons (Fsp3) is 0.562. The Morgan fingerprint density at radius 2 is 2.24 bits per heavy atom. The van der Waals surface area contributed by atoms with Gasteiger partial charge in [-0.1, -0.05) is 19.1 Å². The van der Waals surface area contributed by atoms with Crippen LogP contribution >= 0.6 is 0 Å². The minimum atomic E-state index is -0.366. The molecule has 2 rings (SSSR count). The summed E-state index contributed by atoms with van der Waals surface area (Å²) >= 11 is 0. The summed E-state index contributed by atoms with van der Waals surface area (Å²) in [4.78, 5) is 11.9. The first-order valence-corrected chi connectivity index (χ1v) is 7.47. The largest absolute Gasteiger partial charge is 0.393 e. The lowest BCUT2D eigenvalue weighted by Crippen LogP contribution is -2.39. The number of nitrogens with one attached hydrogen (secondary N) is 2. The lowest BCUT2D eigenvalue weighted by molar-refractivity contribution is 0.163. The van der Waals surface area contributed by atoms with Crippen LogP contribution in [0.4, 0.5) is 9.18 Å². The van der Waals surface area contributed by atoms with Gasteiger partial charge >= 0.3 is 6.03 Å². The summed E-state index contributed by atoms with van der Waals surface area (Å²) in [7, 11) is 0. The number of carbonyl (C=O) groups is 1. The second-order valence-corrected chi connectivity index (χ2v) is 5.94. The summed E-state index contributed by atoms with van der Waals surface area (Å²) in [5.41, 5.74) is 1.59. The van der Waals surface area contributed by atoms with Crippen molar-refractivity contribution in [2.24, 2.45) is 5.92 Å². The van der Waals surface area contributed by atoms with Crippen molar-refractivity contribution in [2.45, 2.75) is 45.3 Å². The van der Waals surface area contributed by atoms with E-state index in [2.05, 4.69) is 10.6 Å². The van der Waals surface area contributed by atoms with E-state index in [0.717, 1.165) is 12.0 Å². The Labute approximate surface area is 124 Å². The van der Waals surface area contributed by atoms with Crippen LogP contribution in [0.2, 0.25) is 0 Å². The van der Waals surface area contributed by atoms with Crippen LogP contribution in [-0.2, 0) is 6.42 Å². The average molecular weight is 294 g/mol. The van der Waals surface area contributed by atoms with Crippen LogP contribution in [0.5, 0.6) is 0 Å². The maximum atomic E-state index is 13.6. The molecule has 0 spiro atoms. The summed E-state index contributed by atoms with van der Waals surface area (Å²) < 4.78 is 13.6. The molecular formula is C16H23FN2O2. The van der Waals surface area contributed by atoms with Gasteiger partial charge in [-0.25, -0.2) is 9.18 Å². The van der Waals surface area contributed by atoms with Gasteiger partial charge in [-0.3, -0.25) is 0 Å². The number of benzene rings is 1. The summed E-state index contributed by atoms with van der Waals surface area (Å²) in [6.45, 7) is 4.23. The first-order chi connectivity index (χ1) is 9.97. The molecule has 3 atom stereocenters. The number of urea groups is 1. The van der Waals surface area contributed by atoms with E-state index in [1.54, 1.807) is 13.0 Å². The second-order valence-electron chi connectivity index (χ2n) is 5.94. The van der Waals surface area contributed by atoms with Crippen LogP contribution < -0.4 is 10.6 Å². The van der Waals surface area contributed by atoms with Gasteiger partial charge in [-0.2, -0.15) is 0 Å². The molecule has 0 heterocycles. The van der Waals surface area contributed by atoms with Gasteiger partial charge in [0, 0.05) is 6.54 Å². The first kappa shape index (κ1) is 15.8. The lowest BCUT2D eigenvalue weighted by atomic mass is 10.1. The lowest BCUT2D eigenvalue weighted by Gasteiger charge is -2.17. The van der Waals surface area contributed by atoms with Gasteiger partial charge in [0.2, 0.25) is 0 Å². The predicted molar refractivity (Wildman–Crippen MR) is 79.5 cm³/mol. The SMILES string of the molecule is CC(O)CC(C)CNC(=O)NC1CCc2c(F)cccc21. The number of rotatable bonds is 5. The number of carbonyl (C=O) groups excluding carboxylic acids is 1. The van der Waals surface area contributed by atoms with Crippen molar-refractivity contribution in [1.29, 1.82) is 0 Å². The maximum absolute atomic E-state index is 13.6. The Bertz CT molecular complexity index is 505. The zero-order valence-corrected chi connectivity index (χ0v) is 12.5. The van der Waals surface area contributed by atoms with Crippen LogP contribution in [0.1, 0.15) is 43.9 Å². The van der Waals surface area contributed by atoms with Crippen molar-refractivity contribution in [3.63, 3.8) is 0 Å². The molecule has 1 aromatic rings. The van der Waals surface area contributed by atoms with Gasteiger partial charge in [-0.15, -0.1) is 0 Å². The van der Waals surface area contributed by atoms with E-state index < -0.39 is 0 Å². The Kier molecular flexibility index (Phi) is 5.17. The number of hydrogen-bond acceptors (Lipinski definition) is 2. The third kappa shape index (κ3) is 4.17. The van der Waals surface area contributed by atoms with E-state index in [9.17, 15) is 14.3 Å². The van der Waals surface area contributed by atoms with Crippen LogP contribution in [-0.4, -0.2) is 23.8 Å². The van der Waals surface area contributed by atoms with E-state index in [0.29, 0.717) is 24.9 Å².